The lowest BCUT2D eigenvalue weighted by molar-refractivity contribution is 0.467. The van der Waals surface area contributed by atoms with E-state index in [0.717, 1.165) is 0 Å². The van der Waals surface area contributed by atoms with E-state index >= 15 is 0 Å². The maximum Gasteiger partial charge on any atom is 0.242 e. The van der Waals surface area contributed by atoms with Gasteiger partial charge in [-0.25, -0.2) is 13.1 Å². The Kier molecular flexibility index (Phi) is 4.18. The van der Waals surface area contributed by atoms with Crippen LogP contribution in [0.15, 0.2) is 52.1 Å². The fraction of sp³-hybridized carbons (Fsp3) is 0.0833. The van der Waals surface area contributed by atoms with E-state index in [1.165, 1.54) is 24.5 Å². The minimum Gasteiger partial charge on any atom is -0.508 e. The van der Waals surface area contributed by atoms with Gasteiger partial charge in [0.1, 0.15) is 10.6 Å². The highest BCUT2D eigenvalue weighted by molar-refractivity contribution is 9.10. The number of para-hydroxylation sites is 1. The van der Waals surface area contributed by atoms with Crippen molar-refractivity contribution in [2.45, 2.75) is 11.4 Å². The molecule has 1 aromatic heterocycles. The molecule has 1 heterocycles. The number of hydrogen-bond acceptors (Lipinski definition) is 4. The third-order valence-electron chi connectivity index (χ3n) is 2.43. The predicted octanol–water partition coefficient (Wildman–Crippen LogP) is 2.03. The SMILES string of the molecule is O=S(=O)(NCc1ccccc1O)c1cncc(Br)c1. The number of rotatable bonds is 4. The number of benzene rings is 1. The highest BCUT2D eigenvalue weighted by Crippen LogP contribution is 2.17. The molecule has 5 nitrogen and oxygen atoms in total. The topological polar surface area (TPSA) is 79.3 Å². The Morgan fingerprint density at radius 1 is 1.26 bits per heavy atom. The lowest BCUT2D eigenvalue weighted by atomic mass is 10.2. The number of pyridine rings is 1. The summed E-state index contributed by atoms with van der Waals surface area (Å²) in [5.74, 6) is 0.0533. The molecule has 0 spiro atoms. The molecule has 0 aliphatic rings. The fourth-order valence-corrected chi connectivity index (χ4v) is 2.97. The first-order valence-corrected chi connectivity index (χ1v) is 7.64. The van der Waals surface area contributed by atoms with Gasteiger partial charge in [0.15, 0.2) is 0 Å². The van der Waals surface area contributed by atoms with Crippen LogP contribution in [0.5, 0.6) is 5.75 Å². The van der Waals surface area contributed by atoms with Crippen molar-refractivity contribution in [1.29, 1.82) is 0 Å². The summed E-state index contributed by atoms with van der Waals surface area (Å²) in [6.45, 7) is 0.0154. The molecule has 7 heteroatoms. The zero-order valence-corrected chi connectivity index (χ0v) is 12.1. The summed E-state index contributed by atoms with van der Waals surface area (Å²) >= 11 is 3.17. The largest absolute Gasteiger partial charge is 0.508 e. The molecule has 0 unspecified atom stereocenters. The molecule has 19 heavy (non-hydrogen) atoms. The van der Waals surface area contributed by atoms with Gasteiger partial charge < -0.3 is 5.11 Å². The molecule has 100 valence electrons. The summed E-state index contributed by atoms with van der Waals surface area (Å²) < 4.78 is 27.0. The van der Waals surface area contributed by atoms with E-state index < -0.39 is 10.0 Å². The van der Waals surface area contributed by atoms with Crippen LogP contribution in [0.25, 0.3) is 0 Å². The summed E-state index contributed by atoms with van der Waals surface area (Å²) in [4.78, 5) is 3.87. The van der Waals surface area contributed by atoms with Crippen molar-refractivity contribution in [3.8, 4) is 5.75 Å². The lowest BCUT2D eigenvalue weighted by Crippen LogP contribution is -2.23. The van der Waals surface area contributed by atoms with Crippen LogP contribution in [-0.4, -0.2) is 18.5 Å². The van der Waals surface area contributed by atoms with Gasteiger partial charge in [0.2, 0.25) is 10.0 Å². The number of aromatic nitrogens is 1. The number of nitrogens with one attached hydrogen (secondary N) is 1. The summed E-state index contributed by atoms with van der Waals surface area (Å²) in [6.07, 6.45) is 2.76. The summed E-state index contributed by atoms with van der Waals surface area (Å²) in [5, 5.41) is 9.57. The van der Waals surface area contributed by atoms with E-state index in [-0.39, 0.29) is 17.2 Å². The summed E-state index contributed by atoms with van der Waals surface area (Å²) in [7, 11) is -3.65. The monoisotopic (exact) mass is 342 g/mol. The summed E-state index contributed by atoms with van der Waals surface area (Å²) in [6, 6.07) is 8.01. The minimum absolute atomic E-state index is 0.0154. The average molecular weight is 343 g/mol. The fourth-order valence-electron chi connectivity index (χ4n) is 1.46. The third-order valence-corrected chi connectivity index (χ3v) is 4.24. The molecule has 2 rings (SSSR count). The second-order valence-electron chi connectivity index (χ2n) is 3.79. The molecule has 0 radical (unpaired) electrons. The predicted molar refractivity (Wildman–Crippen MR) is 74.1 cm³/mol. The first-order chi connectivity index (χ1) is 8.99. The van der Waals surface area contributed by atoms with Crippen LogP contribution in [0, 0.1) is 0 Å². The molecule has 0 fully saturated rings. The molecule has 0 saturated heterocycles. The van der Waals surface area contributed by atoms with Gasteiger partial charge in [-0.2, -0.15) is 0 Å². The van der Waals surface area contributed by atoms with E-state index in [2.05, 4.69) is 25.6 Å². The maximum absolute atomic E-state index is 12.0. The van der Waals surface area contributed by atoms with E-state index in [0.29, 0.717) is 10.0 Å². The first kappa shape index (κ1) is 14.0. The van der Waals surface area contributed by atoms with Gasteiger partial charge in [-0.1, -0.05) is 18.2 Å². The number of phenols is 1. The number of phenolic OH excluding ortho intramolecular Hbond substituents is 1. The number of nitrogens with zero attached hydrogens (tertiary/aromatic N) is 1. The Balaban J connectivity index is 2.17. The normalized spacial score (nSPS) is 11.4. The number of hydrogen-bond donors (Lipinski definition) is 2. The Morgan fingerprint density at radius 2 is 2.00 bits per heavy atom. The molecule has 0 bridgehead atoms. The second kappa shape index (κ2) is 5.68. The van der Waals surface area contributed by atoms with Crippen LogP contribution < -0.4 is 4.72 Å². The van der Waals surface area contributed by atoms with Crippen LogP contribution >= 0.6 is 15.9 Å². The number of sulfonamides is 1. The van der Waals surface area contributed by atoms with Crippen molar-refractivity contribution in [2.24, 2.45) is 0 Å². The molecule has 2 aromatic rings. The molecule has 0 saturated carbocycles. The van der Waals surface area contributed by atoms with Crippen LogP contribution in [0.1, 0.15) is 5.56 Å². The molecule has 0 aliphatic heterocycles. The van der Waals surface area contributed by atoms with Crippen molar-refractivity contribution >= 4 is 26.0 Å². The van der Waals surface area contributed by atoms with Crippen molar-refractivity contribution in [3.63, 3.8) is 0 Å². The lowest BCUT2D eigenvalue weighted by Gasteiger charge is -2.08. The third kappa shape index (κ3) is 3.52. The highest BCUT2D eigenvalue weighted by atomic mass is 79.9. The Hall–Kier alpha value is -1.44. The molecular formula is C12H11BrN2O3S. The first-order valence-electron chi connectivity index (χ1n) is 5.36. The minimum atomic E-state index is -3.65. The van der Waals surface area contributed by atoms with E-state index in [4.69, 9.17) is 0 Å². The number of aromatic hydroxyl groups is 1. The highest BCUT2D eigenvalue weighted by Gasteiger charge is 2.15. The molecule has 0 amide bonds. The van der Waals surface area contributed by atoms with Gasteiger partial charge >= 0.3 is 0 Å². The van der Waals surface area contributed by atoms with Crippen molar-refractivity contribution in [1.82, 2.24) is 9.71 Å². The Labute approximate surface area is 119 Å². The zero-order valence-electron chi connectivity index (χ0n) is 9.75. The quantitative estimate of drug-likeness (QED) is 0.890. The molecule has 1 aromatic carbocycles. The Bertz CT molecular complexity index is 689. The maximum atomic E-state index is 12.0. The van der Waals surface area contributed by atoms with Crippen LogP contribution in [0.2, 0.25) is 0 Å². The molecular weight excluding hydrogens is 332 g/mol. The van der Waals surface area contributed by atoms with Crippen molar-refractivity contribution in [2.75, 3.05) is 0 Å². The van der Waals surface area contributed by atoms with Gasteiger partial charge in [-0.15, -0.1) is 0 Å². The molecule has 2 N–H and O–H groups in total. The van der Waals surface area contributed by atoms with Crippen LogP contribution in [0.4, 0.5) is 0 Å². The van der Waals surface area contributed by atoms with Gasteiger partial charge in [0, 0.05) is 29.0 Å². The van der Waals surface area contributed by atoms with E-state index in [9.17, 15) is 13.5 Å². The van der Waals surface area contributed by atoms with Gasteiger partial charge in [-0.05, 0) is 28.1 Å². The van der Waals surface area contributed by atoms with Crippen molar-refractivity contribution in [3.05, 3.63) is 52.8 Å². The zero-order chi connectivity index (χ0) is 13.9. The van der Waals surface area contributed by atoms with E-state index in [1.807, 2.05) is 0 Å². The summed E-state index contributed by atoms with van der Waals surface area (Å²) in [5.41, 5.74) is 0.508. The Morgan fingerprint density at radius 3 is 2.68 bits per heavy atom. The van der Waals surface area contributed by atoms with Gasteiger partial charge in [0.05, 0.1) is 0 Å². The average Bonchev–Trinajstić information content (AvgIpc) is 2.38. The van der Waals surface area contributed by atoms with Gasteiger partial charge in [0.25, 0.3) is 0 Å². The smallest absolute Gasteiger partial charge is 0.242 e. The van der Waals surface area contributed by atoms with E-state index in [1.54, 1.807) is 18.2 Å². The number of halogens is 1. The second-order valence-corrected chi connectivity index (χ2v) is 6.47. The van der Waals surface area contributed by atoms with Crippen molar-refractivity contribution < 1.29 is 13.5 Å². The van der Waals surface area contributed by atoms with Crippen LogP contribution in [0.3, 0.4) is 0 Å². The van der Waals surface area contributed by atoms with Gasteiger partial charge in [-0.3, -0.25) is 4.98 Å². The van der Waals surface area contributed by atoms with Crippen LogP contribution in [-0.2, 0) is 16.6 Å². The molecule has 0 aliphatic carbocycles. The molecule has 0 atom stereocenters. The standard InChI is InChI=1S/C12H11BrN2O3S/c13-10-5-11(8-14-7-10)19(17,18)15-6-9-3-1-2-4-12(9)16/h1-5,7-8,15-16H,6H2.